The quantitative estimate of drug-likeness (QED) is 0.380. The summed E-state index contributed by atoms with van der Waals surface area (Å²) in [6, 6.07) is 0. The van der Waals surface area contributed by atoms with Crippen molar-refractivity contribution < 1.29 is 18.3 Å². The van der Waals surface area contributed by atoms with Gasteiger partial charge in [0.25, 0.3) is 0 Å². The van der Waals surface area contributed by atoms with Crippen molar-refractivity contribution in [3.63, 3.8) is 0 Å². The molecule has 1 rings (SSSR count). The molecule has 6 heteroatoms. The fourth-order valence-electron chi connectivity index (χ4n) is 0.637. The van der Waals surface area contributed by atoms with Gasteiger partial charge in [-0.15, -0.1) is 0 Å². The first kappa shape index (κ1) is 8.99. The summed E-state index contributed by atoms with van der Waals surface area (Å²) in [4.78, 5) is 0. The molecule has 12 heavy (non-hydrogen) atoms. The Labute approximate surface area is 70.4 Å². The lowest BCUT2D eigenvalue weighted by Crippen LogP contribution is -2.00. The van der Waals surface area contributed by atoms with Gasteiger partial charge >= 0.3 is 0 Å². The number of halogens is 4. The SMILES string of the molecule is Nc1c(F)c(F)c(O)c(Cl)c1F. The molecule has 0 heterocycles. The third-order valence-corrected chi connectivity index (χ3v) is 1.62. The number of phenolic OH excluding ortho intramolecular Hbond substituents is 1. The molecule has 0 aromatic heterocycles. The Morgan fingerprint density at radius 2 is 1.58 bits per heavy atom. The van der Waals surface area contributed by atoms with Crippen molar-refractivity contribution in [2.45, 2.75) is 0 Å². The minimum Gasteiger partial charge on any atom is -0.504 e. The highest BCUT2D eigenvalue weighted by Crippen LogP contribution is 2.34. The van der Waals surface area contributed by atoms with Crippen LogP contribution in [-0.4, -0.2) is 5.11 Å². The molecule has 0 radical (unpaired) electrons. The number of rotatable bonds is 0. The van der Waals surface area contributed by atoms with Gasteiger partial charge in [0.2, 0.25) is 5.82 Å². The number of hydrogen-bond donors (Lipinski definition) is 2. The van der Waals surface area contributed by atoms with Gasteiger partial charge in [0.1, 0.15) is 10.7 Å². The van der Waals surface area contributed by atoms with E-state index in [9.17, 15) is 13.2 Å². The van der Waals surface area contributed by atoms with Crippen LogP contribution >= 0.6 is 11.6 Å². The van der Waals surface area contributed by atoms with Gasteiger partial charge in [-0.1, -0.05) is 11.6 Å². The molecule has 1 aromatic carbocycles. The summed E-state index contributed by atoms with van der Waals surface area (Å²) >= 11 is 5.05. The maximum atomic E-state index is 12.6. The fraction of sp³-hybridized carbons (Fsp3) is 0. The number of nitrogens with two attached hydrogens (primary N) is 1. The van der Waals surface area contributed by atoms with E-state index in [1.165, 1.54) is 0 Å². The van der Waals surface area contributed by atoms with Crippen molar-refractivity contribution in [1.29, 1.82) is 0 Å². The molecule has 0 amide bonds. The highest BCUT2D eigenvalue weighted by molar-refractivity contribution is 6.32. The first-order valence-corrected chi connectivity index (χ1v) is 3.15. The Bertz CT molecular complexity index is 237. The molecule has 1 aromatic rings. The Morgan fingerprint density at radius 1 is 1.08 bits per heavy atom. The lowest BCUT2D eigenvalue weighted by molar-refractivity contribution is 0.401. The van der Waals surface area contributed by atoms with Crippen molar-refractivity contribution >= 4 is 17.3 Å². The molecule has 0 bridgehead atoms. The van der Waals surface area contributed by atoms with Crippen molar-refractivity contribution in [3.8, 4) is 5.75 Å². The van der Waals surface area contributed by atoms with Crippen LogP contribution in [0.1, 0.15) is 0 Å². The number of nitrogen functional groups attached to an aromatic ring is 1. The summed E-state index contributed by atoms with van der Waals surface area (Å²) in [5, 5.41) is 7.73. The van der Waals surface area contributed by atoms with E-state index in [-0.39, 0.29) is 0 Å². The van der Waals surface area contributed by atoms with Gasteiger partial charge < -0.3 is 10.8 Å². The van der Waals surface area contributed by atoms with Gasteiger partial charge in [0.05, 0.1) is 0 Å². The molecule has 0 aliphatic heterocycles. The average molecular weight is 198 g/mol. The van der Waals surface area contributed by atoms with Crippen molar-refractivity contribution in [2.24, 2.45) is 0 Å². The van der Waals surface area contributed by atoms with Crippen LogP contribution in [0.2, 0.25) is 5.02 Å². The minimum absolute atomic E-state index is 0.925. The molecule has 0 spiro atoms. The molecule has 0 saturated heterocycles. The summed E-state index contributed by atoms with van der Waals surface area (Å²) in [5.74, 6) is -5.94. The summed E-state index contributed by atoms with van der Waals surface area (Å²) in [6.07, 6.45) is 0. The zero-order valence-electron chi connectivity index (χ0n) is 5.54. The molecular formula is C6H3ClF3NO. The summed E-state index contributed by atoms with van der Waals surface area (Å²) in [5.41, 5.74) is 3.72. The first-order chi connectivity index (χ1) is 5.46. The van der Waals surface area contributed by atoms with Crippen LogP contribution in [0.15, 0.2) is 0 Å². The third-order valence-electron chi connectivity index (χ3n) is 1.27. The molecule has 0 saturated carbocycles. The number of hydrogen-bond acceptors (Lipinski definition) is 2. The van der Waals surface area contributed by atoms with Gasteiger partial charge in [-0.05, 0) is 0 Å². The van der Waals surface area contributed by atoms with E-state index in [2.05, 4.69) is 0 Å². The minimum atomic E-state index is -1.65. The standard InChI is InChI=1S/C6H3ClF3NO/c7-1-2(8)5(11)3(9)4(10)6(1)12/h12H,11H2. The van der Waals surface area contributed by atoms with E-state index in [0.29, 0.717) is 0 Å². The Hall–Kier alpha value is -1.10. The number of aromatic hydroxyl groups is 1. The highest BCUT2D eigenvalue weighted by Gasteiger charge is 2.21. The van der Waals surface area contributed by atoms with E-state index in [1.54, 1.807) is 0 Å². The average Bonchev–Trinajstić information content (AvgIpc) is 2.08. The molecule has 0 fully saturated rings. The summed E-state index contributed by atoms with van der Waals surface area (Å²) in [6.45, 7) is 0. The normalized spacial score (nSPS) is 10.3. The molecule has 0 unspecified atom stereocenters. The maximum absolute atomic E-state index is 12.6. The zero-order valence-corrected chi connectivity index (χ0v) is 6.29. The predicted octanol–water partition coefficient (Wildman–Crippen LogP) is 2.05. The van der Waals surface area contributed by atoms with E-state index >= 15 is 0 Å². The van der Waals surface area contributed by atoms with Gasteiger partial charge in [-0.25, -0.2) is 8.78 Å². The topological polar surface area (TPSA) is 46.2 Å². The van der Waals surface area contributed by atoms with Crippen LogP contribution in [0.25, 0.3) is 0 Å². The van der Waals surface area contributed by atoms with Gasteiger partial charge in [0.15, 0.2) is 17.4 Å². The van der Waals surface area contributed by atoms with Gasteiger partial charge in [0, 0.05) is 0 Å². The van der Waals surface area contributed by atoms with Crippen LogP contribution in [0, 0.1) is 17.5 Å². The van der Waals surface area contributed by atoms with E-state index < -0.39 is 33.9 Å². The zero-order chi connectivity index (χ0) is 9.46. The lowest BCUT2D eigenvalue weighted by atomic mass is 10.2. The van der Waals surface area contributed by atoms with E-state index in [0.717, 1.165) is 0 Å². The first-order valence-electron chi connectivity index (χ1n) is 2.77. The fourth-order valence-corrected chi connectivity index (χ4v) is 0.822. The van der Waals surface area contributed by atoms with Gasteiger partial charge in [-0.2, -0.15) is 4.39 Å². The third kappa shape index (κ3) is 1.06. The number of phenols is 1. The van der Waals surface area contributed by atoms with Crippen LogP contribution in [0.4, 0.5) is 18.9 Å². The monoisotopic (exact) mass is 197 g/mol. The summed E-state index contributed by atoms with van der Waals surface area (Å²) in [7, 11) is 0. The van der Waals surface area contributed by atoms with E-state index in [1.807, 2.05) is 0 Å². The van der Waals surface area contributed by atoms with E-state index in [4.69, 9.17) is 22.4 Å². The van der Waals surface area contributed by atoms with Crippen molar-refractivity contribution in [2.75, 3.05) is 5.73 Å². The predicted molar refractivity (Wildman–Crippen MR) is 37.4 cm³/mol. The second-order valence-electron chi connectivity index (χ2n) is 2.02. The molecule has 0 atom stereocenters. The Balaban J connectivity index is 3.60. The molecule has 0 aliphatic carbocycles. The summed E-state index contributed by atoms with van der Waals surface area (Å²) < 4.78 is 37.6. The molecule has 0 aliphatic rings. The molecule has 3 N–H and O–H groups in total. The lowest BCUT2D eigenvalue weighted by Gasteiger charge is -2.04. The van der Waals surface area contributed by atoms with Crippen LogP contribution in [-0.2, 0) is 0 Å². The van der Waals surface area contributed by atoms with Crippen molar-refractivity contribution in [3.05, 3.63) is 22.5 Å². The molecular weight excluding hydrogens is 195 g/mol. The molecule has 2 nitrogen and oxygen atoms in total. The molecule has 66 valence electrons. The second kappa shape index (κ2) is 2.75. The van der Waals surface area contributed by atoms with Crippen LogP contribution in [0.5, 0.6) is 5.75 Å². The second-order valence-corrected chi connectivity index (χ2v) is 2.40. The smallest absolute Gasteiger partial charge is 0.204 e. The Kier molecular flexibility index (Phi) is 2.06. The van der Waals surface area contributed by atoms with Gasteiger partial charge in [-0.3, -0.25) is 0 Å². The number of benzene rings is 1. The van der Waals surface area contributed by atoms with Crippen LogP contribution < -0.4 is 5.73 Å². The maximum Gasteiger partial charge on any atom is 0.204 e. The number of anilines is 1. The van der Waals surface area contributed by atoms with Crippen LogP contribution in [0.3, 0.4) is 0 Å². The highest BCUT2D eigenvalue weighted by atomic mass is 35.5. The Morgan fingerprint density at radius 3 is 2.08 bits per heavy atom. The largest absolute Gasteiger partial charge is 0.504 e. The van der Waals surface area contributed by atoms with Crippen molar-refractivity contribution in [1.82, 2.24) is 0 Å².